The Morgan fingerprint density at radius 2 is 1.06 bits per heavy atom. The molecule has 4 aromatic rings. The molecule has 5 nitrogen and oxygen atoms in total. The number of aromatic carboxylic acids is 1. The number of benzene rings is 4. The molecule has 0 heterocycles. The third-order valence-corrected chi connectivity index (χ3v) is 5.36. The van der Waals surface area contributed by atoms with Crippen LogP contribution >= 0.6 is 0 Å². The summed E-state index contributed by atoms with van der Waals surface area (Å²) in [5.74, 6) is -0.0155. The van der Waals surface area contributed by atoms with Crippen LogP contribution in [-0.2, 0) is 19.8 Å². The average molecular weight is 455 g/mol. The quantitative estimate of drug-likeness (QED) is 0.299. The maximum atomic E-state index is 12.2. The minimum Gasteiger partial charge on any atom is -0.488 e. The fourth-order valence-corrected chi connectivity index (χ4v) is 3.61. The van der Waals surface area contributed by atoms with Gasteiger partial charge in [-0.3, -0.25) is 0 Å². The number of carboxylic acids is 1. The third-order valence-electron chi connectivity index (χ3n) is 5.36. The van der Waals surface area contributed by atoms with E-state index in [4.69, 9.17) is 14.2 Å². The fraction of sp³-hybridized carbons (Fsp3) is 0.138. The molecule has 1 N–H and O–H groups in total. The van der Waals surface area contributed by atoms with E-state index >= 15 is 0 Å². The van der Waals surface area contributed by atoms with Gasteiger partial charge in [0.05, 0.1) is 0 Å². The first kappa shape index (κ1) is 22.9. The van der Waals surface area contributed by atoms with Crippen LogP contribution < -0.4 is 14.2 Å². The van der Waals surface area contributed by atoms with Gasteiger partial charge in [0.15, 0.2) is 11.5 Å². The van der Waals surface area contributed by atoms with Crippen molar-refractivity contribution in [1.82, 2.24) is 0 Å². The monoisotopic (exact) mass is 454 g/mol. The topological polar surface area (TPSA) is 65.0 Å². The summed E-state index contributed by atoms with van der Waals surface area (Å²) in [5.41, 5.74) is 3.41. The summed E-state index contributed by atoms with van der Waals surface area (Å²) in [6.07, 6.45) is 0. The first-order valence-corrected chi connectivity index (χ1v) is 11.0. The second kappa shape index (κ2) is 11.1. The van der Waals surface area contributed by atoms with Crippen molar-refractivity contribution in [3.8, 4) is 17.2 Å². The lowest BCUT2D eigenvalue weighted by molar-refractivity contribution is 0.0690. The number of carbonyl (C=O) groups is 1. The molecule has 5 heteroatoms. The molecule has 0 amide bonds. The van der Waals surface area contributed by atoms with Gasteiger partial charge in [-0.1, -0.05) is 91.0 Å². The summed E-state index contributed by atoms with van der Waals surface area (Å²) >= 11 is 0. The van der Waals surface area contributed by atoms with Crippen LogP contribution in [0.4, 0.5) is 0 Å². The average Bonchev–Trinajstić information content (AvgIpc) is 2.87. The van der Waals surface area contributed by atoms with Crippen LogP contribution in [0.25, 0.3) is 0 Å². The van der Waals surface area contributed by atoms with E-state index in [1.165, 1.54) is 0 Å². The Morgan fingerprint density at radius 1 is 0.647 bits per heavy atom. The minimum atomic E-state index is -1.08. The van der Waals surface area contributed by atoms with E-state index in [2.05, 4.69) is 0 Å². The van der Waals surface area contributed by atoms with Crippen molar-refractivity contribution in [3.05, 3.63) is 125 Å². The fourth-order valence-electron chi connectivity index (χ4n) is 3.61. The van der Waals surface area contributed by atoms with Crippen molar-refractivity contribution >= 4 is 5.97 Å². The first-order valence-electron chi connectivity index (χ1n) is 11.0. The molecule has 0 aliphatic carbocycles. The highest BCUT2D eigenvalue weighted by atomic mass is 16.5. The van der Waals surface area contributed by atoms with E-state index in [0.29, 0.717) is 23.7 Å². The maximum Gasteiger partial charge on any atom is 0.339 e. The number of hydrogen-bond acceptors (Lipinski definition) is 4. The van der Waals surface area contributed by atoms with Crippen LogP contribution in [0, 0.1) is 6.92 Å². The standard InChI is InChI=1S/C29H26O5/c1-21-27(29(30)31)25(32-18-22-11-5-2-6-12-22)17-26(33-19-23-13-7-3-8-14-23)28(21)34-20-24-15-9-4-10-16-24/h2-17H,18-20H2,1H3,(H,30,31). The third kappa shape index (κ3) is 5.75. The van der Waals surface area contributed by atoms with Gasteiger partial charge < -0.3 is 19.3 Å². The SMILES string of the molecule is Cc1c(OCc2ccccc2)c(OCc2ccccc2)cc(OCc2ccccc2)c1C(=O)O. The van der Waals surface area contributed by atoms with Gasteiger partial charge in [0.1, 0.15) is 31.1 Å². The normalized spacial score (nSPS) is 10.5. The molecule has 0 atom stereocenters. The van der Waals surface area contributed by atoms with Gasteiger partial charge in [-0.2, -0.15) is 0 Å². The highest BCUT2D eigenvalue weighted by Gasteiger charge is 2.24. The van der Waals surface area contributed by atoms with Crippen molar-refractivity contribution in [3.63, 3.8) is 0 Å². The Kier molecular flexibility index (Phi) is 7.45. The molecule has 0 aliphatic heterocycles. The van der Waals surface area contributed by atoms with Crippen LogP contribution in [0.1, 0.15) is 32.6 Å². The zero-order chi connectivity index (χ0) is 23.8. The molecule has 0 fully saturated rings. The van der Waals surface area contributed by atoms with Gasteiger partial charge in [0.2, 0.25) is 0 Å². The van der Waals surface area contributed by atoms with E-state index < -0.39 is 5.97 Å². The number of carboxylic acid groups (broad SMARTS) is 1. The van der Waals surface area contributed by atoms with Crippen molar-refractivity contribution in [2.75, 3.05) is 0 Å². The van der Waals surface area contributed by atoms with Crippen LogP contribution in [0.5, 0.6) is 17.2 Å². The predicted molar refractivity (Wildman–Crippen MR) is 130 cm³/mol. The van der Waals surface area contributed by atoms with E-state index in [1.807, 2.05) is 91.0 Å². The van der Waals surface area contributed by atoms with Crippen LogP contribution in [0.2, 0.25) is 0 Å². The molecular formula is C29H26O5. The van der Waals surface area contributed by atoms with E-state index in [9.17, 15) is 9.90 Å². The van der Waals surface area contributed by atoms with Gasteiger partial charge in [0.25, 0.3) is 0 Å². The first-order chi connectivity index (χ1) is 16.6. The molecule has 0 aromatic heterocycles. The second-order valence-electron chi connectivity index (χ2n) is 7.83. The molecule has 34 heavy (non-hydrogen) atoms. The van der Waals surface area contributed by atoms with Crippen LogP contribution in [0.15, 0.2) is 97.1 Å². The molecular weight excluding hydrogens is 428 g/mol. The lowest BCUT2D eigenvalue weighted by atomic mass is 10.1. The molecule has 0 spiro atoms. The summed E-state index contributed by atoms with van der Waals surface area (Å²) in [4.78, 5) is 12.2. The molecule has 0 bridgehead atoms. The van der Waals surface area contributed by atoms with Gasteiger partial charge in [-0.25, -0.2) is 4.79 Å². The summed E-state index contributed by atoms with van der Waals surface area (Å²) < 4.78 is 18.2. The Labute approximate surface area is 199 Å². The summed E-state index contributed by atoms with van der Waals surface area (Å²) in [5, 5.41) is 9.98. The molecule has 0 radical (unpaired) electrons. The molecule has 172 valence electrons. The van der Waals surface area contributed by atoms with Gasteiger partial charge >= 0.3 is 5.97 Å². The summed E-state index contributed by atoms with van der Waals surface area (Å²) in [6.45, 7) is 2.55. The van der Waals surface area contributed by atoms with Crippen molar-refractivity contribution in [2.45, 2.75) is 26.7 Å². The molecule has 4 aromatic carbocycles. The summed E-state index contributed by atoms with van der Waals surface area (Å²) in [6, 6.07) is 30.7. The number of ether oxygens (including phenoxy) is 3. The molecule has 0 saturated heterocycles. The Morgan fingerprint density at radius 3 is 1.50 bits per heavy atom. The van der Waals surface area contributed by atoms with Crippen molar-refractivity contribution in [2.24, 2.45) is 0 Å². The highest BCUT2D eigenvalue weighted by Crippen LogP contribution is 2.40. The highest BCUT2D eigenvalue weighted by molar-refractivity contribution is 5.94. The maximum absolute atomic E-state index is 12.2. The van der Waals surface area contributed by atoms with Crippen LogP contribution in [-0.4, -0.2) is 11.1 Å². The lowest BCUT2D eigenvalue weighted by Gasteiger charge is -2.20. The lowest BCUT2D eigenvalue weighted by Crippen LogP contribution is -2.10. The predicted octanol–water partition coefficient (Wildman–Crippen LogP) is 6.43. The Bertz CT molecular complexity index is 1220. The second-order valence-corrected chi connectivity index (χ2v) is 7.83. The number of rotatable bonds is 10. The Balaban J connectivity index is 1.67. The van der Waals surface area contributed by atoms with E-state index in [-0.39, 0.29) is 24.5 Å². The van der Waals surface area contributed by atoms with Gasteiger partial charge in [0, 0.05) is 11.6 Å². The molecule has 4 rings (SSSR count). The molecule has 0 saturated carbocycles. The van der Waals surface area contributed by atoms with Gasteiger partial charge in [-0.15, -0.1) is 0 Å². The smallest absolute Gasteiger partial charge is 0.339 e. The molecule has 0 aliphatic rings. The van der Waals surface area contributed by atoms with E-state index in [0.717, 1.165) is 16.7 Å². The number of hydrogen-bond donors (Lipinski definition) is 1. The van der Waals surface area contributed by atoms with Crippen molar-refractivity contribution in [1.29, 1.82) is 0 Å². The Hall–Kier alpha value is -4.25. The zero-order valence-corrected chi connectivity index (χ0v) is 18.9. The molecule has 0 unspecified atom stereocenters. The van der Waals surface area contributed by atoms with E-state index in [1.54, 1.807) is 13.0 Å². The van der Waals surface area contributed by atoms with Gasteiger partial charge in [-0.05, 0) is 23.6 Å². The largest absolute Gasteiger partial charge is 0.488 e. The van der Waals surface area contributed by atoms with Crippen LogP contribution in [0.3, 0.4) is 0 Å². The zero-order valence-electron chi connectivity index (χ0n) is 18.9. The minimum absolute atomic E-state index is 0.0612. The summed E-state index contributed by atoms with van der Waals surface area (Å²) in [7, 11) is 0. The van der Waals surface area contributed by atoms with Crippen molar-refractivity contribution < 1.29 is 24.1 Å².